The van der Waals surface area contributed by atoms with Crippen LogP contribution in [0.3, 0.4) is 0 Å². The Morgan fingerprint density at radius 3 is 2.69 bits per heavy atom. The molecule has 0 unspecified atom stereocenters. The average Bonchev–Trinajstić information content (AvgIpc) is 3.01. The number of halogens is 2. The van der Waals surface area contributed by atoms with Gasteiger partial charge in [-0.2, -0.15) is 0 Å². The molecule has 1 aliphatic heterocycles. The van der Waals surface area contributed by atoms with Crippen molar-refractivity contribution in [3.8, 4) is 5.69 Å². The summed E-state index contributed by atoms with van der Waals surface area (Å²) in [6, 6.07) is 9.61. The molecule has 132 valence electrons. The topological polar surface area (TPSA) is 61.2 Å². The summed E-state index contributed by atoms with van der Waals surface area (Å²) in [5.74, 6) is -2.04. The maximum Gasteiger partial charge on any atom is 0.319 e. The van der Waals surface area contributed by atoms with E-state index in [0.717, 1.165) is 22.4 Å². The summed E-state index contributed by atoms with van der Waals surface area (Å²) >= 11 is 1.04. The van der Waals surface area contributed by atoms with Crippen LogP contribution in [0, 0.1) is 11.6 Å². The first-order valence-electron chi connectivity index (χ1n) is 7.85. The van der Waals surface area contributed by atoms with E-state index in [1.54, 1.807) is 24.3 Å². The molecule has 0 aliphatic carbocycles. The number of para-hydroxylation sites is 1. The number of carbonyl (C=O) groups is 1. The first-order chi connectivity index (χ1) is 12.5. The second-order valence-corrected chi connectivity index (χ2v) is 6.88. The van der Waals surface area contributed by atoms with E-state index in [-0.39, 0.29) is 10.8 Å². The summed E-state index contributed by atoms with van der Waals surface area (Å²) in [6.07, 6.45) is 0.470. The zero-order valence-electron chi connectivity index (χ0n) is 13.3. The number of carbonyl (C=O) groups excluding carboxylic acids is 1. The highest BCUT2D eigenvalue weighted by Crippen LogP contribution is 2.30. The average molecular weight is 374 g/mol. The number of ether oxygens (including phenoxy) is 1. The van der Waals surface area contributed by atoms with Gasteiger partial charge in [-0.3, -0.25) is 14.2 Å². The molecule has 2 aromatic carbocycles. The van der Waals surface area contributed by atoms with Crippen molar-refractivity contribution in [3.05, 3.63) is 64.5 Å². The highest BCUT2D eigenvalue weighted by atomic mass is 32.2. The zero-order valence-corrected chi connectivity index (χ0v) is 14.1. The zero-order chi connectivity index (χ0) is 18.3. The molecular weight excluding hydrogens is 362 g/mol. The smallest absolute Gasteiger partial charge is 0.319 e. The molecule has 1 saturated heterocycles. The van der Waals surface area contributed by atoms with Crippen molar-refractivity contribution in [1.82, 2.24) is 9.55 Å². The standard InChI is InChI=1S/C18H12F2N2O3S/c19-10-5-6-14(12(20)9-10)22-16(23)11-3-1-2-4-13(11)21-18(22)26-15-7-8-25-17(15)24/h1-6,9,15H,7-8H2/t15-/m0/s1. The van der Waals surface area contributed by atoms with Crippen molar-refractivity contribution in [2.75, 3.05) is 6.61 Å². The first-order valence-corrected chi connectivity index (χ1v) is 8.73. The Morgan fingerprint density at radius 1 is 1.15 bits per heavy atom. The van der Waals surface area contributed by atoms with Crippen molar-refractivity contribution >= 4 is 28.6 Å². The molecule has 3 aromatic rings. The lowest BCUT2D eigenvalue weighted by atomic mass is 10.2. The summed E-state index contributed by atoms with van der Waals surface area (Å²) < 4.78 is 33.7. The molecule has 0 spiro atoms. The van der Waals surface area contributed by atoms with Crippen molar-refractivity contribution < 1.29 is 18.3 Å². The Labute approximate surface area is 150 Å². The van der Waals surface area contributed by atoms with E-state index < -0.39 is 28.4 Å². The molecule has 8 heteroatoms. The minimum Gasteiger partial charge on any atom is -0.465 e. The third kappa shape index (κ3) is 2.86. The number of cyclic esters (lactones) is 1. The van der Waals surface area contributed by atoms with Gasteiger partial charge in [-0.15, -0.1) is 0 Å². The predicted molar refractivity (Wildman–Crippen MR) is 92.5 cm³/mol. The lowest BCUT2D eigenvalue weighted by Crippen LogP contribution is -2.24. The molecule has 1 atom stereocenters. The maximum atomic E-state index is 14.4. The van der Waals surface area contributed by atoms with E-state index >= 15 is 0 Å². The van der Waals surface area contributed by atoms with Crippen molar-refractivity contribution in [2.45, 2.75) is 16.8 Å². The highest BCUT2D eigenvalue weighted by molar-refractivity contribution is 8.00. The van der Waals surface area contributed by atoms with E-state index in [0.29, 0.717) is 30.0 Å². The van der Waals surface area contributed by atoms with Crippen LogP contribution in [0.15, 0.2) is 52.4 Å². The van der Waals surface area contributed by atoms with Gasteiger partial charge in [0.2, 0.25) is 0 Å². The Balaban J connectivity index is 1.96. The molecule has 0 radical (unpaired) electrons. The van der Waals surface area contributed by atoms with Gasteiger partial charge in [0.25, 0.3) is 5.56 Å². The number of fused-ring (bicyclic) bond motifs is 1. The number of esters is 1. The number of nitrogens with zero attached hydrogens (tertiary/aromatic N) is 2. The molecule has 5 nitrogen and oxygen atoms in total. The van der Waals surface area contributed by atoms with E-state index in [1.807, 2.05) is 0 Å². The molecule has 0 amide bonds. The largest absolute Gasteiger partial charge is 0.465 e. The van der Waals surface area contributed by atoms with Crippen LogP contribution < -0.4 is 5.56 Å². The van der Waals surface area contributed by atoms with Gasteiger partial charge in [0, 0.05) is 12.5 Å². The Hall–Kier alpha value is -2.74. The minimum absolute atomic E-state index is 0.122. The molecule has 4 rings (SSSR count). The van der Waals surface area contributed by atoms with Gasteiger partial charge in [0.1, 0.15) is 16.9 Å². The fourth-order valence-corrected chi connectivity index (χ4v) is 3.85. The summed E-state index contributed by atoms with van der Waals surface area (Å²) in [5, 5.41) is -0.0737. The van der Waals surface area contributed by atoms with Gasteiger partial charge in [-0.05, 0) is 24.3 Å². The summed E-state index contributed by atoms with van der Waals surface area (Å²) in [7, 11) is 0. The predicted octanol–water partition coefficient (Wildman–Crippen LogP) is 3.07. The number of hydrogen-bond acceptors (Lipinski definition) is 5. The van der Waals surface area contributed by atoms with Gasteiger partial charge < -0.3 is 4.74 Å². The summed E-state index contributed by atoms with van der Waals surface area (Å²) in [4.78, 5) is 29.2. The molecular formula is C18H12F2N2O3S. The van der Waals surface area contributed by atoms with E-state index in [4.69, 9.17) is 4.74 Å². The van der Waals surface area contributed by atoms with Crippen LogP contribution in [-0.2, 0) is 9.53 Å². The first kappa shape index (κ1) is 16.7. The third-order valence-corrected chi connectivity index (χ3v) is 5.23. The fourth-order valence-electron chi connectivity index (χ4n) is 2.78. The second-order valence-electron chi connectivity index (χ2n) is 5.71. The fraction of sp³-hybridized carbons (Fsp3) is 0.167. The normalized spacial score (nSPS) is 16.8. The molecule has 26 heavy (non-hydrogen) atoms. The minimum atomic E-state index is -0.889. The van der Waals surface area contributed by atoms with Crippen LogP contribution in [0.4, 0.5) is 8.78 Å². The van der Waals surface area contributed by atoms with Crippen molar-refractivity contribution in [3.63, 3.8) is 0 Å². The number of aromatic nitrogens is 2. The number of thioether (sulfide) groups is 1. The van der Waals surface area contributed by atoms with Gasteiger partial charge in [0.05, 0.1) is 23.2 Å². The number of hydrogen-bond donors (Lipinski definition) is 0. The molecule has 0 saturated carbocycles. The maximum absolute atomic E-state index is 14.4. The van der Waals surface area contributed by atoms with Crippen LogP contribution in [0.5, 0.6) is 0 Å². The number of rotatable bonds is 3. The number of benzene rings is 2. The molecule has 0 bridgehead atoms. The summed E-state index contributed by atoms with van der Waals surface area (Å²) in [6.45, 7) is 0.291. The van der Waals surface area contributed by atoms with Crippen molar-refractivity contribution in [1.29, 1.82) is 0 Å². The van der Waals surface area contributed by atoms with Gasteiger partial charge in [-0.25, -0.2) is 13.8 Å². The third-order valence-electron chi connectivity index (χ3n) is 4.03. The lowest BCUT2D eigenvalue weighted by Gasteiger charge is -2.15. The Morgan fingerprint density at radius 2 is 1.96 bits per heavy atom. The van der Waals surface area contributed by atoms with E-state index in [1.165, 1.54) is 6.07 Å². The molecule has 0 N–H and O–H groups in total. The monoisotopic (exact) mass is 374 g/mol. The molecule has 1 aliphatic rings. The lowest BCUT2D eigenvalue weighted by molar-refractivity contribution is -0.137. The van der Waals surface area contributed by atoms with Crippen LogP contribution in [0.2, 0.25) is 0 Å². The van der Waals surface area contributed by atoms with Crippen LogP contribution in [-0.4, -0.2) is 27.4 Å². The Kier molecular flexibility index (Phi) is 4.20. The van der Waals surface area contributed by atoms with Crippen LogP contribution >= 0.6 is 11.8 Å². The molecule has 2 heterocycles. The van der Waals surface area contributed by atoms with Crippen molar-refractivity contribution in [2.24, 2.45) is 0 Å². The van der Waals surface area contributed by atoms with E-state index in [9.17, 15) is 18.4 Å². The van der Waals surface area contributed by atoms with Gasteiger partial charge >= 0.3 is 5.97 Å². The van der Waals surface area contributed by atoms with Gasteiger partial charge in [-0.1, -0.05) is 23.9 Å². The Bertz CT molecular complexity index is 1080. The summed E-state index contributed by atoms with van der Waals surface area (Å²) in [5.41, 5.74) is -0.177. The highest BCUT2D eigenvalue weighted by Gasteiger charge is 2.30. The quantitative estimate of drug-likeness (QED) is 0.521. The molecule has 1 fully saturated rings. The second kappa shape index (κ2) is 6.53. The van der Waals surface area contributed by atoms with E-state index in [2.05, 4.69) is 4.98 Å². The van der Waals surface area contributed by atoms with Crippen LogP contribution in [0.25, 0.3) is 16.6 Å². The SMILES string of the molecule is O=C1OCC[C@@H]1Sc1nc2ccccc2c(=O)n1-c1ccc(F)cc1F. The van der Waals surface area contributed by atoms with Gasteiger partial charge in [0.15, 0.2) is 5.16 Å². The van der Waals surface area contributed by atoms with Crippen LogP contribution in [0.1, 0.15) is 6.42 Å². The molecule has 1 aromatic heterocycles.